The fraction of sp³-hybridized carbons (Fsp3) is 0.909. The molecule has 0 saturated carbocycles. The van der Waals surface area contributed by atoms with E-state index in [1.165, 1.54) is 0 Å². The van der Waals surface area contributed by atoms with Gasteiger partial charge in [-0.05, 0) is 0 Å². The Kier molecular flexibility index (Phi) is 4.58. The lowest BCUT2D eigenvalue weighted by molar-refractivity contribution is 0.0310. The Bertz CT molecular complexity index is 248. The number of nitrogens with zero attached hydrogens (tertiary/aromatic N) is 3. The molecule has 98 valence electrons. The summed E-state index contributed by atoms with van der Waals surface area (Å²) < 4.78 is 5.32. The molecule has 0 aliphatic carbocycles. The minimum atomic E-state index is -0.294. The lowest BCUT2D eigenvalue weighted by Crippen LogP contribution is -2.52. The number of carbonyl (C=O) groups excluding carboxylic acids is 1. The third kappa shape index (κ3) is 3.83. The first-order valence-corrected chi connectivity index (χ1v) is 6.32. The molecule has 2 amide bonds. The van der Waals surface area contributed by atoms with Crippen LogP contribution >= 0.6 is 0 Å². The molecule has 0 aromatic carbocycles. The number of amides is 2. The van der Waals surface area contributed by atoms with Crippen LogP contribution in [-0.4, -0.2) is 86.3 Å². The predicted octanol–water partition coefficient (Wildman–Crippen LogP) is -0.985. The van der Waals surface area contributed by atoms with Crippen LogP contribution in [0.15, 0.2) is 0 Å². The van der Waals surface area contributed by atoms with E-state index < -0.39 is 0 Å². The topological polar surface area (TPSA) is 62.0 Å². The minimum absolute atomic E-state index is 0.294. The molecule has 0 bridgehead atoms. The van der Waals surface area contributed by atoms with Crippen LogP contribution in [0.1, 0.15) is 0 Å². The van der Waals surface area contributed by atoms with Crippen LogP contribution in [0.2, 0.25) is 0 Å². The number of nitrogens with two attached hydrogens (primary N) is 1. The first-order valence-electron chi connectivity index (χ1n) is 6.32. The maximum absolute atomic E-state index is 11.0. The van der Waals surface area contributed by atoms with Gasteiger partial charge >= 0.3 is 6.03 Å². The summed E-state index contributed by atoms with van der Waals surface area (Å²) in [5, 5.41) is 0. The van der Waals surface area contributed by atoms with E-state index in [9.17, 15) is 4.79 Å². The predicted molar refractivity (Wildman–Crippen MR) is 64.9 cm³/mol. The van der Waals surface area contributed by atoms with Crippen molar-refractivity contribution in [3.8, 4) is 0 Å². The number of urea groups is 1. The summed E-state index contributed by atoms with van der Waals surface area (Å²) >= 11 is 0. The van der Waals surface area contributed by atoms with E-state index in [1.807, 2.05) is 0 Å². The molecule has 0 aromatic rings. The van der Waals surface area contributed by atoms with Crippen LogP contribution in [-0.2, 0) is 4.74 Å². The molecule has 0 aromatic heterocycles. The van der Waals surface area contributed by atoms with Gasteiger partial charge in [-0.3, -0.25) is 9.80 Å². The average molecular weight is 242 g/mol. The van der Waals surface area contributed by atoms with Gasteiger partial charge in [-0.1, -0.05) is 0 Å². The van der Waals surface area contributed by atoms with Gasteiger partial charge in [-0.25, -0.2) is 4.79 Å². The van der Waals surface area contributed by atoms with E-state index in [0.29, 0.717) is 0 Å². The summed E-state index contributed by atoms with van der Waals surface area (Å²) in [4.78, 5) is 17.5. The number of primary amides is 1. The number of morpholine rings is 1. The van der Waals surface area contributed by atoms with Gasteiger partial charge in [0.05, 0.1) is 13.2 Å². The van der Waals surface area contributed by atoms with Gasteiger partial charge < -0.3 is 15.4 Å². The molecule has 2 N–H and O–H groups in total. The van der Waals surface area contributed by atoms with Gasteiger partial charge in [0.2, 0.25) is 0 Å². The molecule has 2 aliphatic heterocycles. The van der Waals surface area contributed by atoms with Crippen molar-refractivity contribution in [1.82, 2.24) is 14.7 Å². The second-order valence-electron chi connectivity index (χ2n) is 4.62. The molecular weight excluding hydrogens is 220 g/mol. The van der Waals surface area contributed by atoms with Crippen LogP contribution in [0.25, 0.3) is 0 Å². The van der Waals surface area contributed by atoms with Crippen LogP contribution < -0.4 is 5.73 Å². The van der Waals surface area contributed by atoms with E-state index in [4.69, 9.17) is 10.5 Å². The van der Waals surface area contributed by atoms with Crippen molar-refractivity contribution in [3.05, 3.63) is 0 Å². The minimum Gasteiger partial charge on any atom is -0.379 e. The summed E-state index contributed by atoms with van der Waals surface area (Å²) in [6.07, 6.45) is 0. The molecule has 2 heterocycles. The molecule has 6 heteroatoms. The number of hydrogen-bond donors (Lipinski definition) is 1. The number of rotatable bonds is 3. The molecule has 2 saturated heterocycles. The monoisotopic (exact) mass is 242 g/mol. The molecule has 0 radical (unpaired) electrons. The highest BCUT2D eigenvalue weighted by molar-refractivity contribution is 5.72. The highest BCUT2D eigenvalue weighted by Crippen LogP contribution is 2.02. The number of carbonyl (C=O) groups is 1. The second kappa shape index (κ2) is 6.18. The summed E-state index contributed by atoms with van der Waals surface area (Å²) in [6, 6.07) is -0.294. The van der Waals surface area contributed by atoms with Gasteiger partial charge in [-0.15, -0.1) is 0 Å². The largest absolute Gasteiger partial charge is 0.379 e. The Morgan fingerprint density at radius 3 is 2.00 bits per heavy atom. The number of piperazine rings is 1. The summed E-state index contributed by atoms with van der Waals surface area (Å²) in [5.41, 5.74) is 5.25. The Morgan fingerprint density at radius 2 is 1.47 bits per heavy atom. The lowest BCUT2D eigenvalue weighted by Gasteiger charge is -2.35. The standard InChI is InChI=1S/C11H22N4O2/c12-11(16)15-5-3-13(4-6-15)1-2-14-7-9-17-10-8-14/h1-10H2,(H2,12,16). The van der Waals surface area contributed by atoms with Crippen LogP contribution in [0, 0.1) is 0 Å². The third-order valence-corrected chi connectivity index (χ3v) is 3.52. The maximum atomic E-state index is 11.0. The summed E-state index contributed by atoms with van der Waals surface area (Å²) in [7, 11) is 0. The lowest BCUT2D eigenvalue weighted by atomic mass is 10.3. The normalized spacial score (nSPS) is 23.9. The first kappa shape index (κ1) is 12.6. The average Bonchev–Trinajstić information content (AvgIpc) is 2.38. The van der Waals surface area contributed by atoms with E-state index >= 15 is 0 Å². The van der Waals surface area contributed by atoms with Gasteiger partial charge in [0.15, 0.2) is 0 Å². The van der Waals surface area contributed by atoms with E-state index in [-0.39, 0.29) is 6.03 Å². The summed E-state index contributed by atoms with van der Waals surface area (Å²) in [5.74, 6) is 0. The van der Waals surface area contributed by atoms with Gasteiger partial charge in [0, 0.05) is 52.4 Å². The van der Waals surface area contributed by atoms with Crippen molar-refractivity contribution in [1.29, 1.82) is 0 Å². The molecular formula is C11H22N4O2. The molecule has 2 rings (SSSR count). The molecule has 17 heavy (non-hydrogen) atoms. The van der Waals surface area contributed by atoms with E-state index in [1.54, 1.807) is 4.90 Å². The molecule has 0 atom stereocenters. The quantitative estimate of drug-likeness (QED) is 0.690. The van der Waals surface area contributed by atoms with E-state index in [0.717, 1.165) is 65.6 Å². The SMILES string of the molecule is NC(=O)N1CCN(CCN2CCOCC2)CC1. The zero-order chi connectivity index (χ0) is 12.1. The summed E-state index contributed by atoms with van der Waals surface area (Å²) in [6.45, 7) is 9.37. The van der Waals surface area contributed by atoms with Crippen LogP contribution in [0.3, 0.4) is 0 Å². The van der Waals surface area contributed by atoms with Crippen LogP contribution in [0.5, 0.6) is 0 Å². The maximum Gasteiger partial charge on any atom is 0.314 e. The zero-order valence-corrected chi connectivity index (χ0v) is 10.3. The van der Waals surface area contributed by atoms with E-state index in [2.05, 4.69) is 9.80 Å². The van der Waals surface area contributed by atoms with Crippen LogP contribution in [0.4, 0.5) is 4.79 Å². The fourth-order valence-corrected chi connectivity index (χ4v) is 2.30. The van der Waals surface area contributed by atoms with Crippen molar-refractivity contribution in [2.24, 2.45) is 5.73 Å². The number of ether oxygens (including phenoxy) is 1. The Hall–Kier alpha value is -0.850. The van der Waals surface area contributed by atoms with Crippen molar-refractivity contribution < 1.29 is 9.53 Å². The fourth-order valence-electron chi connectivity index (χ4n) is 2.30. The van der Waals surface area contributed by atoms with Crippen molar-refractivity contribution in [2.45, 2.75) is 0 Å². The third-order valence-electron chi connectivity index (χ3n) is 3.52. The zero-order valence-electron chi connectivity index (χ0n) is 10.3. The van der Waals surface area contributed by atoms with Gasteiger partial charge in [0.1, 0.15) is 0 Å². The molecule has 6 nitrogen and oxygen atoms in total. The van der Waals surface area contributed by atoms with Gasteiger partial charge in [0.25, 0.3) is 0 Å². The molecule has 0 spiro atoms. The molecule has 2 fully saturated rings. The Morgan fingerprint density at radius 1 is 0.941 bits per heavy atom. The van der Waals surface area contributed by atoms with Crippen molar-refractivity contribution in [2.75, 3.05) is 65.6 Å². The second-order valence-corrected chi connectivity index (χ2v) is 4.62. The number of hydrogen-bond acceptors (Lipinski definition) is 4. The highest BCUT2D eigenvalue weighted by atomic mass is 16.5. The highest BCUT2D eigenvalue weighted by Gasteiger charge is 2.19. The molecule has 2 aliphatic rings. The molecule has 0 unspecified atom stereocenters. The Balaban J connectivity index is 1.62. The van der Waals surface area contributed by atoms with Gasteiger partial charge in [-0.2, -0.15) is 0 Å². The Labute approximate surface area is 102 Å². The van der Waals surface area contributed by atoms with Crippen molar-refractivity contribution in [3.63, 3.8) is 0 Å². The first-order chi connectivity index (χ1) is 8.25. The van der Waals surface area contributed by atoms with Crippen molar-refractivity contribution >= 4 is 6.03 Å². The smallest absolute Gasteiger partial charge is 0.314 e.